The summed E-state index contributed by atoms with van der Waals surface area (Å²) < 4.78 is 0.410. The van der Waals surface area contributed by atoms with E-state index in [9.17, 15) is 9.59 Å². The molecule has 1 aliphatic heterocycles. The molecule has 4 atom stereocenters. The number of piperazine rings is 1. The number of rotatable bonds is 4. The van der Waals surface area contributed by atoms with Crippen LogP contribution in [-0.4, -0.2) is 47.8 Å². The molecule has 2 saturated carbocycles. The first-order chi connectivity index (χ1) is 12.9. The zero-order valence-corrected chi connectivity index (χ0v) is 19.5. The van der Waals surface area contributed by atoms with Crippen molar-refractivity contribution in [2.75, 3.05) is 26.2 Å². The number of hydrogen-bond acceptors (Lipinski definition) is 2. The third-order valence-corrected chi connectivity index (χ3v) is 7.37. The second-order valence-electron chi connectivity index (χ2n) is 9.21. The number of hydrogen-bond donors (Lipinski definition) is 0. The Labute approximate surface area is 186 Å². The molecule has 3 aliphatic rings. The summed E-state index contributed by atoms with van der Waals surface area (Å²) in [4.78, 5) is 29.6. The van der Waals surface area contributed by atoms with Crippen molar-refractivity contribution >= 4 is 58.2 Å². The second kappa shape index (κ2) is 7.68. The third-order valence-electron chi connectivity index (χ3n) is 6.87. The molecule has 4 nitrogen and oxygen atoms in total. The van der Waals surface area contributed by atoms with E-state index in [1.165, 1.54) is 0 Å². The van der Waals surface area contributed by atoms with Crippen LogP contribution >= 0.6 is 46.4 Å². The van der Waals surface area contributed by atoms with Crippen molar-refractivity contribution in [1.29, 1.82) is 0 Å². The number of halogens is 4. The van der Waals surface area contributed by atoms with Crippen molar-refractivity contribution in [2.24, 2.45) is 34.5 Å². The standard InChI is InChI=1S/C20H26Cl4N2O2/c1-19(2)11(9-13(21)22)15(19)17(27)25-5-7-26(8-6-25)18(28)16-12(10-14(23)24)20(16,3)4/h9-12,15-16H,5-8H2,1-4H3/t11-,12-,15-,16+/m0/s1. The zero-order valence-electron chi connectivity index (χ0n) is 16.5. The molecular weight excluding hydrogens is 442 g/mol. The van der Waals surface area contributed by atoms with Gasteiger partial charge < -0.3 is 9.80 Å². The van der Waals surface area contributed by atoms with E-state index >= 15 is 0 Å². The van der Waals surface area contributed by atoms with Crippen LogP contribution in [0, 0.1) is 34.5 Å². The van der Waals surface area contributed by atoms with Crippen molar-refractivity contribution in [3.8, 4) is 0 Å². The molecule has 2 amide bonds. The molecule has 0 N–H and O–H groups in total. The van der Waals surface area contributed by atoms with Gasteiger partial charge in [0.05, 0.1) is 11.8 Å². The van der Waals surface area contributed by atoms with Gasteiger partial charge in [0.15, 0.2) is 0 Å². The number of allylic oxidation sites excluding steroid dienone is 2. The minimum absolute atomic E-state index is 0.0600. The number of carbonyl (C=O) groups is 2. The van der Waals surface area contributed by atoms with E-state index < -0.39 is 0 Å². The van der Waals surface area contributed by atoms with Gasteiger partial charge >= 0.3 is 0 Å². The van der Waals surface area contributed by atoms with E-state index in [1.54, 1.807) is 12.2 Å². The normalized spacial score (nSPS) is 32.4. The third kappa shape index (κ3) is 4.08. The Bertz CT molecular complexity index is 668. The Morgan fingerprint density at radius 1 is 0.714 bits per heavy atom. The Morgan fingerprint density at radius 2 is 1.00 bits per heavy atom. The summed E-state index contributed by atoms with van der Waals surface area (Å²) in [5, 5.41) is 0. The molecule has 0 radical (unpaired) electrons. The van der Waals surface area contributed by atoms with Crippen LogP contribution in [0.2, 0.25) is 0 Å². The van der Waals surface area contributed by atoms with E-state index in [1.807, 2.05) is 9.80 Å². The summed E-state index contributed by atoms with van der Waals surface area (Å²) in [6, 6.07) is 0. The molecule has 0 aromatic carbocycles. The molecular formula is C20H26Cl4N2O2. The molecule has 0 spiro atoms. The van der Waals surface area contributed by atoms with E-state index in [0.29, 0.717) is 26.2 Å². The monoisotopic (exact) mass is 466 g/mol. The summed E-state index contributed by atoms with van der Waals surface area (Å²) in [5.41, 5.74) is -0.283. The Kier molecular flexibility index (Phi) is 6.11. The van der Waals surface area contributed by atoms with Crippen LogP contribution in [0.4, 0.5) is 0 Å². The highest BCUT2D eigenvalue weighted by molar-refractivity contribution is 6.56. The maximum Gasteiger partial charge on any atom is 0.226 e. The van der Waals surface area contributed by atoms with E-state index in [-0.39, 0.29) is 55.3 Å². The SMILES string of the molecule is CC1(C)[C@H](C(=O)N2CCN(C(=O)[C@H]3[C@H](C=C(Cl)Cl)C3(C)C)CC2)[C@@H]1C=C(Cl)Cl. The van der Waals surface area contributed by atoms with Crippen LogP contribution < -0.4 is 0 Å². The maximum absolute atomic E-state index is 12.9. The highest BCUT2D eigenvalue weighted by Crippen LogP contribution is 2.61. The van der Waals surface area contributed by atoms with E-state index in [0.717, 1.165) is 0 Å². The van der Waals surface area contributed by atoms with Crippen molar-refractivity contribution < 1.29 is 9.59 Å². The van der Waals surface area contributed by atoms with Crippen LogP contribution in [0.1, 0.15) is 27.7 Å². The minimum atomic E-state index is -0.141. The topological polar surface area (TPSA) is 40.6 Å². The van der Waals surface area contributed by atoms with Crippen LogP contribution in [0.5, 0.6) is 0 Å². The smallest absolute Gasteiger partial charge is 0.226 e. The van der Waals surface area contributed by atoms with E-state index in [2.05, 4.69) is 27.7 Å². The Hall–Kier alpha value is -0.420. The first-order valence-corrected chi connectivity index (χ1v) is 11.0. The lowest BCUT2D eigenvalue weighted by Crippen LogP contribution is -2.52. The molecule has 1 saturated heterocycles. The molecule has 1 heterocycles. The van der Waals surface area contributed by atoms with Crippen molar-refractivity contribution in [2.45, 2.75) is 27.7 Å². The van der Waals surface area contributed by atoms with Gasteiger partial charge in [-0.2, -0.15) is 0 Å². The average molecular weight is 468 g/mol. The fraction of sp³-hybridized carbons (Fsp3) is 0.700. The van der Waals surface area contributed by atoms with Gasteiger partial charge in [-0.1, -0.05) is 74.1 Å². The number of carbonyl (C=O) groups excluding carboxylic acids is 2. The molecule has 156 valence electrons. The van der Waals surface area contributed by atoms with Gasteiger partial charge in [-0.25, -0.2) is 0 Å². The predicted molar refractivity (Wildman–Crippen MR) is 114 cm³/mol. The second-order valence-corrected chi connectivity index (χ2v) is 11.2. The van der Waals surface area contributed by atoms with Crippen LogP contribution in [0.3, 0.4) is 0 Å². The molecule has 3 rings (SSSR count). The highest BCUT2D eigenvalue weighted by Gasteiger charge is 2.63. The largest absolute Gasteiger partial charge is 0.339 e. The Morgan fingerprint density at radius 3 is 1.25 bits per heavy atom. The molecule has 0 aromatic heterocycles. The zero-order chi connectivity index (χ0) is 21.0. The summed E-state index contributed by atoms with van der Waals surface area (Å²) in [5.74, 6) is 0.147. The van der Waals surface area contributed by atoms with Gasteiger partial charge in [0.25, 0.3) is 0 Å². The summed E-state index contributed by atoms with van der Waals surface area (Å²) >= 11 is 23.2. The Balaban J connectivity index is 1.57. The van der Waals surface area contributed by atoms with Gasteiger partial charge in [-0.05, 0) is 34.8 Å². The number of amides is 2. The van der Waals surface area contributed by atoms with Crippen molar-refractivity contribution in [3.05, 3.63) is 21.1 Å². The molecule has 2 aliphatic carbocycles. The average Bonchev–Trinajstić information content (AvgIpc) is 3.33. The summed E-state index contributed by atoms with van der Waals surface area (Å²) in [6.45, 7) is 10.4. The first kappa shape index (κ1) is 22.3. The molecule has 8 heteroatoms. The number of nitrogens with zero attached hydrogens (tertiary/aromatic N) is 2. The molecule has 3 fully saturated rings. The molecule has 28 heavy (non-hydrogen) atoms. The molecule has 0 bridgehead atoms. The quantitative estimate of drug-likeness (QED) is 0.593. The summed E-state index contributed by atoms with van der Waals surface area (Å²) in [6.07, 6.45) is 3.52. The van der Waals surface area contributed by atoms with Gasteiger partial charge in [-0.3, -0.25) is 9.59 Å². The molecule has 0 unspecified atom stereocenters. The first-order valence-electron chi connectivity index (χ1n) is 9.52. The maximum atomic E-state index is 12.9. The van der Waals surface area contributed by atoms with Gasteiger partial charge in [0.1, 0.15) is 8.98 Å². The lowest BCUT2D eigenvalue weighted by Gasteiger charge is -2.35. The van der Waals surface area contributed by atoms with Crippen LogP contribution in [0.25, 0.3) is 0 Å². The van der Waals surface area contributed by atoms with Gasteiger partial charge in [-0.15, -0.1) is 0 Å². The highest BCUT2D eigenvalue weighted by atomic mass is 35.5. The van der Waals surface area contributed by atoms with Gasteiger partial charge in [0, 0.05) is 26.2 Å². The fourth-order valence-electron chi connectivity index (χ4n) is 4.73. The molecule has 0 aromatic rings. The van der Waals surface area contributed by atoms with E-state index in [4.69, 9.17) is 46.4 Å². The lowest BCUT2D eigenvalue weighted by molar-refractivity contribution is -0.142. The minimum Gasteiger partial charge on any atom is -0.339 e. The summed E-state index contributed by atoms with van der Waals surface area (Å²) in [7, 11) is 0. The van der Waals surface area contributed by atoms with Gasteiger partial charge in [0.2, 0.25) is 11.8 Å². The fourth-order valence-corrected chi connectivity index (χ4v) is 5.28. The van der Waals surface area contributed by atoms with Crippen LogP contribution in [-0.2, 0) is 9.59 Å². The van der Waals surface area contributed by atoms with Crippen molar-refractivity contribution in [1.82, 2.24) is 9.80 Å². The van der Waals surface area contributed by atoms with Crippen LogP contribution in [0.15, 0.2) is 21.1 Å². The predicted octanol–water partition coefficient (Wildman–Crippen LogP) is 4.84. The van der Waals surface area contributed by atoms with Crippen molar-refractivity contribution in [3.63, 3.8) is 0 Å². The lowest BCUT2D eigenvalue weighted by atomic mass is 10.1.